The highest BCUT2D eigenvalue weighted by Crippen LogP contribution is 2.31. The minimum Gasteiger partial charge on any atom is -0.374 e. The Morgan fingerprint density at radius 2 is 1.79 bits per heavy atom. The van der Waals surface area contributed by atoms with E-state index in [4.69, 9.17) is 0 Å². The molecule has 0 spiro atoms. The van der Waals surface area contributed by atoms with Crippen LogP contribution < -0.4 is 16.0 Å². The maximum atomic E-state index is 12.8. The van der Waals surface area contributed by atoms with Gasteiger partial charge in [-0.3, -0.25) is 19.7 Å². The monoisotopic (exact) mass is 398 g/mol. The molecule has 3 amide bonds. The highest BCUT2D eigenvalue weighted by Gasteiger charge is 2.30. The Hall–Kier alpha value is -2.41. The minimum atomic E-state index is -0.368. The standard InChI is InChI=1S/C22H30N4O3/c27-20-5-4-19(21(28)25-20)24-18-3-1-2-17(14-18)15-8-12-26(13-9-15)22(29)16-6-10-23-11-7-16/h1-3,14-16,19,23-24H,4-13H2,(H,25,27,28). The molecule has 4 rings (SSSR count). The number of rotatable bonds is 4. The molecule has 7 heteroatoms. The lowest BCUT2D eigenvalue weighted by Crippen LogP contribution is -2.47. The van der Waals surface area contributed by atoms with E-state index in [2.05, 4.69) is 33.0 Å². The molecule has 0 aromatic heterocycles. The first-order chi connectivity index (χ1) is 14.1. The number of amides is 3. The highest BCUT2D eigenvalue weighted by molar-refractivity contribution is 6.01. The van der Waals surface area contributed by atoms with Crippen molar-refractivity contribution < 1.29 is 14.4 Å². The second kappa shape index (κ2) is 8.95. The number of nitrogens with one attached hydrogen (secondary N) is 3. The summed E-state index contributed by atoms with van der Waals surface area (Å²) in [5, 5.41) is 8.98. The summed E-state index contributed by atoms with van der Waals surface area (Å²) in [6.45, 7) is 3.52. The largest absolute Gasteiger partial charge is 0.374 e. The first kappa shape index (κ1) is 19.9. The van der Waals surface area contributed by atoms with E-state index in [9.17, 15) is 14.4 Å². The van der Waals surface area contributed by atoms with Crippen molar-refractivity contribution in [2.75, 3.05) is 31.5 Å². The lowest BCUT2D eigenvalue weighted by atomic mass is 9.88. The van der Waals surface area contributed by atoms with Crippen LogP contribution in [0.15, 0.2) is 24.3 Å². The predicted molar refractivity (Wildman–Crippen MR) is 110 cm³/mol. The number of nitrogens with zero attached hydrogens (tertiary/aromatic N) is 1. The zero-order chi connectivity index (χ0) is 20.2. The van der Waals surface area contributed by atoms with E-state index < -0.39 is 0 Å². The van der Waals surface area contributed by atoms with Gasteiger partial charge in [-0.2, -0.15) is 0 Å². The molecule has 3 N–H and O–H groups in total. The van der Waals surface area contributed by atoms with Gasteiger partial charge in [0.2, 0.25) is 17.7 Å². The van der Waals surface area contributed by atoms with Crippen molar-refractivity contribution in [3.63, 3.8) is 0 Å². The molecule has 3 aliphatic rings. The first-order valence-electron chi connectivity index (χ1n) is 10.8. The van der Waals surface area contributed by atoms with Crippen LogP contribution in [0.2, 0.25) is 0 Å². The molecule has 156 valence electrons. The van der Waals surface area contributed by atoms with Gasteiger partial charge in [0.1, 0.15) is 6.04 Å². The van der Waals surface area contributed by atoms with Gasteiger partial charge in [0, 0.05) is 31.1 Å². The molecule has 1 atom stereocenters. The van der Waals surface area contributed by atoms with Crippen molar-refractivity contribution in [1.82, 2.24) is 15.5 Å². The Balaban J connectivity index is 1.33. The predicted octanol–water partition coefficient (Wildman–Crippen LogP) is 1.61. The number of anilines is 1. The molecule has 3 saturated heterocycles. The molecule has 3 heterocycles. The Morgan fingerprint density at radius 1 is 1.03 bits per heavy atom. The number of carbonyl (C=O) groups excluding carboxylic acids is 3. The fourth-order valence-electron chi connectivity index (χ4n) is 4.68. The number of hydrogen-bond donors (Lipinski definition) is 3. The fourth-order valence-corrected chi connectivity index (χ4v) is 4.68. The maximum absolute atomic E-state index is 12.8. The topological polar surface area (TPSA) is 90.5 Å². The van der Waals surface area contributed by atoms with Crippen LogP contribution in [0, 0.1) is 5.92 Å². The molecule has 0 bridgehead atoms. The molecule has 7 nitrogen and oxygen atoms in total. The Kier molecular flexibility index (Phi) is 6.13. The average Bonchev–Trinajstić information content (AvgIpc) is 2.76. The van der Waals surface area contributed by atoms with E-state index in [1.165, 1.54) is 5.56 Å². The lowest BCUT2D eigenvalue weighted by Gasteiger charge is -2.35. The summed E-state index contributed by atoms with van der Waals surface area (Å²) in [6, 6.07) is 7.84. The van der Waals surface area contributed by atoms with Crippen molar-refractivity contribution in [3.05, 3.63) is 29.8 Å². The second-order valence-corrected chi connectivity index (χ2v) is 8.40. The average molecular weight is 399 g/mol. The number of hydrogen-bond acceptors (Lipinski definition) is 5. The van der Waals surface area contributed by atoms with Crippen molar-refractivity contribution in [3.8, 4) is 0 Å². The van der Waals surface area contributed by atoms with E-state index in [-0.39, 0.29) is 23.8 Å². The van der Waals surface area contributed by atoms with Gasteiger partial charge in [-0.25, -0.2) is 0 Å². The SMILES string of the molecule is O=C1CCC(Nc2cccc(C3CCN(C(=O)C4CCNCC4)CC3)c2)C(=O)N1. The van der Waals surface area contributed by atoms with Gasteiger partial charge in [0.25, 0.3) is 0 Å². The number of piperidine rings is 3. The summed E-state index contributed by atoms with van der Waals surface area (Å²) >= 11 is 0. The van der Waals surface area contributed by atoms with Gasteiger partial charge in [-0.1, -0.05) is 12.1 Å². The summed E-state index contributed by atoms with van der Waals surface area (Å²) in [5.74, 6) is 0.492. The molecule has 29 heavy (non-hydrogen) atoms. The minimum absolute atomic E-state index is 0.189. The third kappa shape index (κ3) is 4.78. The fraction of sp³-hybridized carbons (Fsp3) is 0.591. The maximum Gasteiger partial charge on any atom is 0.249 e. The molecule has 1 aromatic rings. The third-order valence-electron chi connectivity index (χ3n) is 6.43. The molecule has 1 aromatic carbocycles. The molecule has 3 aliphatic heterocycles. The van der Waals surface area contributed by atoms with Crippen LogP contribution in [-0.4, -0.2) is 54.8 Å². The second-order valence-electron chi connectivity index (χ2n) is 8.40. The van der Waals surface area contributed by atoms with Crippen LogP contribution in [0.25, 0.3) is 0 Å². The van der Waals surface area contributed by atoms with E-state index in [1.807, 2.05) is 12.1 Å². The van der Waals surface area contributed by atoms with E-state index in [0.29, 0.717) is 24.7 Å². The van der Waals surface area contributed by atoms with Crippen LogP contribution in [0.3, 0.4) is 0 Å². The van der Waals surface area contributed by atoms with Crippen LogP contribution in [0.5, 0.6) is 0 Å². The molecule has 3 fully saturated rings. The van der Waals surface area contributed by atoms with Crippen LogP contribution in [-0.2, 0) is 14.4 Å². The van der Waals surface area contributed by atoms with Crippen molar-refractivity contribution >= 4 is 23.4 Å². The molecular formula is C22H30N4O3. The van der Waals surface area contributed by atoms with Gasteiger partial charge in [0.05, 0.1) is 0 Å². The smallest absolute Gasteiger partial charge is 0.249 e. The van der Waals surface area contributed by atoms with Gasteiger partial charge in [0.15, 0.2) is 0 Å². The van der Waals surface area contributed by atoms with Gasteiger partial charge in [-0.15, -0.1) is 0 Å². The lowest BCUT2D eigenvalue weighted by molar-refractivity contribution is -0.137. The number of likely N-dealkylation sites (tertiary alicyclic amines) is 1. The molecule has 0 saturated carbocycles. The summed E-state index contributed by atoms with van der Waals surface area (Å²) < 4.78 is 0. The van der Waals surface area contributed by atoms with Crippen molar-refractivity contribution in [2.24, 2.45) is 5.92 Å². The molecule has 0 radical (unpaired) electrons. The van der Waals surface area contributed by atoms with E-state index in [1.54, 1.807) is 0 Å². The molecular weight excluding hydrogens is 368 g/mol. The molecule has 0 aliphatic carbocycles. The Morgan fingerprint density at radius 3 is 2.52 bits per heavy atom. The number of benzene rings is 1. The summed E-state index contributed by atoms with van der Waals surface area (Å²) in [4.78, 5) is 38.1. The normalized spacial score (nSPS) is 24.3. The van der Waals surface area contributed by atoms with E-state index in [0.717, 1.165) is 57.5 Å². The highest BCUT2D eigenvalue weighted by atomic mass is 16.2. The van der Waals surface area contributed by atoms with Crippen molar-refractivity contribution in [1.29, 1.82) is 0 Å². The summed E-state index contributed by atoms with van der Waals surface area (Å²) in [7, 11) is 0. The molecule has 1 unspecified atom stereocenters. The van der Waals surface area contributed by atoms with Crippen LogP contribution >= 0.6 is 0 Å². The van der Waals surface area contributed by atoms with Gasteiger partial charge >= 0.3 is 0 Å². The first-order valence-corrected chi connectivity index (χ1v) is 10.8. The van der Waals surface area contributed by atoms with Crippen LogP contribution in [0.1, 0.15) is 50.0 Å². The van der Waals surface area contributed by atoms with E-state index >= 15 is 0 Å². The van der Waals surface area contributed by atoms with Gasteiger partial charge < -0.3 is 15.5 Å². The van der Waals surface area contributed by atoms with Crippen LogP contribution in [0.4, 0.5) is 5.69 Å². The van der Waals surface area contributed by atoms with Gasteiger partial charge in [-0.05, 0) is 68.8 Å². The van der Waals surface area contributed by atoms with Crippen molar-refractivity contribution in [2.45, 2.75) is 50.5 Å². The number of imide groups is 1. The zero-order valence-electron chi connectivity index (χ0n) is 16.8. The third-order valence-corrected chi connectivity index (χ3v) is 6.43. The quantitative estimate of drug-likeness (QED) is 0.671. The Bertz CT molecular complexity index is 767. The summed E-state index contributed by atoms with van der Waals surface area (Å²) in [6.07, 6.45) is 4.73. The zero-order valence-corrected chi connectivity index (χ0v) is 16.8. The summed E-state index contributed by atoms with van der Waals surface area (Å²) in [5.41, 5.74) is 2.15. The number of carbonyl (C=O) groups is 3. The Labute approximate surface area is 171 Å².